The van der Waals surface area contributed by atoms with Gasteiger partial charge in [-0.2, -0.15) is 0 Å². The molecule has 2 aliphatic rings. The zero-order chi connectivity index (χ0) is 25.4. The zero-order valence-corrected chi connectivity index (χ0v) is 21.0. The maximum atomic E-state index is 13.7. The number of aromatic nitrogens is 2. The minimum Gasteiger partial charge on any atom is -0.465 e. The highest BCUT2D eigenvalue weighted by Gasteiger charge is 2.51. The predicted molar refractivity (Wildman–Crippen MR) is 138 cm³/mol. The van der Waals surface area contributed by atoms with Crippen molar-refractivity contribution in [2.45, 2.75) is 38.5 Å². The molecule has 0 radical (unpaired) electrons. The van der Waals surface area contributed by atoms with Crippen LogP contribution in [0.3, 0.4) is 0 Å². The van der Waals surface area contributed by atoms with Gasteiger partial charge in [-0.1, -0.05) is 60.7 Å². The first-order valence-corrected chi connectivity index (χ1v) is 12.5. The Bertz CT molecular complexity index is 1370. The molecule has 0 bridgehead atoms. The summed E-state index contributed by atoms with van der Waals surface area (Å²) in [7, 11) is 3.24. The van der Waals surface area contributed by atoms with Crippen LogP contribution in [0.2, 0.25) is 0 Å². The Morgan fingerprint density at radius 3 is 2.14 bits per heavy atom. The van der Waals surface area contributed by atoms with Crippen LogP contribution >= 0.6 is 0 Å². The average Bonchev–Trinajstić information content (AvgIpc) is 3.24. The Labute approximate surface area is 210 Å². The van der Waals surface area contributed by atoms with Crippen molar-refractivity contribution in [1.82, 2.24) is 14.0 Å². The summed E-state index contributed by atoms with van der Waals surface area (Å²) in [6.07, 6.45) is 0.590. The number of likely N-dealkylation sites (tertiary alicyclic amines) is 1. The van der Waals surface area contributed by atoms with E-state index in [4.69, 9.17) is 4.74 Å². The largest absolute Gasteiger partial charge is 0.465 e. The van der Waals surface area contributed by atoms with Crippen LogP contribution in [0.4, 0.5) is 5.82 Å². The third kappa shape index (κ3) is 4.15. The van der Waals surface area contributed by atoms with E-state index in [9.17, 15) is 14.4 Å². The maximum Gasteiger partial charge on any atom is 0.332 e. The van der Waals surface area contributed by atoms with E-state index in [1.165, 1.54) is 11.6 Å². The molecule has 188 valence electrons. The molecular weight excluding hydrogens is 456 g/mol. The topological polar surface area (TPSA) is 76.8 Å². The number of anilines is 1. The van der Waals surface area contributed by atoms with E-state index in [2.05, 4.69) is 9.80 Å². The summed E-state index contributed by atoms with van der Waals surface area (Å²) in [5.41, 5.74) is 2.07. The number of nitrogens with zero attached hydrogens (tertiary/aromatic N) is 4. The minimum absolute atomic E-state index is 0.0320. The predicted octanol–water partition coefficient (Wildman–Crippen LogP) is 2.60. The molecule has 3 aromatic rings. The van der Waals surface area contributed by atoms with Gasteiger partial charge < -0.3 is 9.64 Å². The Kier molecular flexibility index (Phi) is 6.53. The quantitative estimate of drug-likeness (QED) is 0.497. The van der Waals surface area contributed by atoms with E-state index >= 15 is 0 Å². The first-order chi connectivity index (χ1) is 17.4. The lowest BCUT2D eigenvalue weighted by molar-refractivity contribution is -0.149. The molecule has 0 amide bonds. The summed E-state index contributed by atoms with van der Waals surface area (Å²) in [6.45, 7) is 3.82. The van der Waals surface area contributed by atoms with Crippen molar-refractivity contribution < 1.29 is 9.53 Å². The van der Waals surface area contributed by atoms with E-state index in [0.29, 0.717) is 44.0 Å². The van der Waals surface area contributed by atoms with Gasteiger partial charge in [0, 0.05) is 39.8 Å². The van der Waals surface area contributed by atoms with Crippen molar-refractivity contribution in [2.75, 3.05) is 18.1 Å². The van der Waals surface area contributed by atoms with Crippen LogP contribution < -0.4 is 16.1 Å². The molecule has 8 heteroatoms. The van der Waals surface area contributed by atoms with Crippen LogP contribution in [0, 0.1) is 5.92 Å². The number of rotatable bonds is 6. The summed E-state index contributed by atoms with van der Waals surface area (Å²) in [5.74, 6) is 0.404. The number of esters is 1. The molecule has 0 spiro atoms. The second-order valence-corrected chi connectivity index (χ2v) is 9.68. The second kappa shape index (κ2) is 9.78. The Hall–Kier alpha value is -3.65. The third-order valence-electron chi connectivity index (χ3n) is 7.43. The van der Waals surface area contributed by atoms with E-state index < -0.39 is 6.04 Å². The molecule has 1 aromatic heterocycles. The van der Waals surface area contributed by atoms with Gasteiger partial charge in [-0.25, -0.2) is 4.79 Å². The van der Waals surface area contributed by atoms with Crippen molar-refractivity contribution in [2.24, 2.45) is 20.0 Å². The van der Waals surface area contributed by atoms with Gasteiger partial charge in [-0.3, -0.25) is 23.6 Å². The number of carbonyl (C=O) groups is 1. The van der Waals surface area contributed by atoms with E-state index in [1.54, 1.807) is 11.6 Å². The molecule has 0 aliphatic carbocycles. The fourth-order valence-electron chi connectivity index (χ4n) is 5.88. The van der Waals surface area contributed by atoms with E-state index in [1.807, 2.05) is 67.6 Å². The van der Waals surface area contributed by atoms with E-state index in [-0.39, 0.29) is 29.2 Å². The molecule has 8 nitrogen and oxygen atoms in total. The fourth-order valence-corrected chi connectivity index (χ4v) is 5.88. The van der Waals surface area contributed by atoms with Crippen LogP contribution in [-0.2, 0) is 36.7 Å². The second-order valence-electron chi connectivity index (χ2n) is 9.68. The molecule has 0 N–H and O–H groups in total. The SMILES string of the molecule is CCOC(=O)[C@H]1C[C@@H]2CN(Cc3ccccc3)c3c(c(=O)n(C)c(=O)n3C)[C@@H]2N1Cc1ccccc1. The van der Waals surface area contributed by atoms with Gasteiger partial charge in [0.05, 0.1) is 12.2 Å². The standard InChI is InChI=1S/C28H32N4O4/c1-4-36-27(34)22-15-21-18-31(16-19-11-7-5-8-12-19)25-23(26(33)30(3)28(35)29(25)2)24(21)32(22)17-20-13-9-6-10-14-20/h5-14,21-22,24H,4,15-18H2,1-3H3/t21-,22-,24-/m1/s1. The number of benzene rings is 2. The number of hydrogen-bond acceptors (Lipinski definition) is 6. The molecule has 36 heavy (non-hydrogen) atoms. The minimum atomic E-state index is -0.466. The summed E-state index contributed by atoms with van der Waals surface area (Å²) in [4.78, 5) is 44.1. The Balaban J connectivity index is 1.66. The smallest absolute Gasteiger partial charge is 0.332 e. The number of fused-ring (bicyclic) bond motifs is 3. The van der Waals surface area contributed by atoms with Gasteiger partial charge in [-0.15, -0.1) is 0 Å². The Morgan fingerprint density at radius 2 is 1.53 bits per heavy atom. The van der Waals surface area contributed by atoms with Gasteiger partial charge in [0.2, 0.25) is 0 Å². The summed E-state index contributed by atoms with van der Waals surface area (Å²) >= 11 is 0. The lowest BCUT2D eigenvalue weighted by Gasteiger charge is -2.41. The molecule has 1 fully saturated rings. The van der Waals surface area contributed by atoms with Crippen LogP contribution in [0.5, 0.6) is 0 Å². The number of hydrogen-bond donors (Lipinski definition) is 0. The molecule has 1 saturated heterocycles. The van der Waals surface area contributed by atoms with Crippen LogP contribution in [0.1, 0.15) is 36.1 Å². The summed E-state index contributed by atoms with van der Waals surface area (Å²) < 4.78 is 8.23. The highest BCUT2D eigenvalue weighted by atomic mass is 16.5. The molecule has 5 rings (SSSR count). The number of carbonyl (C=O) groups excluding carboxylic acids is 1. The molecule has 3 atom stereocenters. The van der Waals surface area contributed by atoms with Crippen LogP contribution in [-0.4, -0.2) is 39.2 Å². The normalized spacial score (nSPS) is 21.2. The van der Waals surface area contributed by atoms with Crippen molar-refractivity contribution in [3.05, 3.63) is 98.2 Å². The highest BCUT2D eigenvalue weighted by Crippen LogP contribution is 2.47. The monoisotopic (exact) mass is 488 g/mol. The lowest BCUT2D eigenvalue weighted by Crippen LogP contribution is -2.50. The zero-order valence-electron chi connectivity index (χ0n) is 21.0. The molecule has 2 aliphatic heterocycles. The fraction of sp³-hybridized carbons (Fsp3) is 0.393. The third-order valence-corrected chi connectivity index (χ3v) is 7.43. The summed E-state index contributed by atoms with van der Waals surface area (Å²) in [5, 5.41) is 0. The molecular formula is C28H32N4O4. The molecule has 0 saturated carbocycles. The van der Waals surface area contributed by atoms with Crippen molar-refractivity contribution >= 4 is 11.8 Å². The van der Waals surface area contributed by atoms with Crippen molar-refractivity contribution in [3.63, 3.8) is 0 Å². The maximum absolute atomic E-state index is 13.7. The van der Waals surface area contributed by atoms with Gasteiger partial charge in [0.25, 0.3) is 5.56 Å². The van der Waals surface area contributed by atoms with Crippen LogP contribution in [0.15, 0.2) is 70.3 Å². The molecule has 0 unspecified atom stereocenters. The summed E-state index contributed by atoms with van der Waals surface area (Å²) in [6, 6.07) is 19.2. The van der Waals surface area contributed by atoms with Gasteiger partial charge in [-0.05, 0) is 30.4 Å². The highest BCUT2D eigenvalue weighted by molar-refractivity contribution is 5.76. The molecule has 2 aromatic carbocycles. The first-order valence-electron chi connectivity index (χ1n) is 12.5. The van der Waals surface area contributed by atoms with Gasteiger partial charge in [0.15, 0.2) is 0 Å². The molecule has 3 heterocycles. The number of ether oxygens (including phenoxy) is 1. The van der Waals surface area contributed by atoms with Gasteiger partial charge in [0.1, 0.15) is 11.9 Å². The Morgan fingerprint density at radius 1 is 0.917 bits per heavy atom. The van der Waals surface area contributed by atoms with Crippen molar-refractivity contribution in [3.8, 4) is 0 Å². The first kappa shape index (κ1) is 24.1. The van der Waals surface area contributed by atoms with Gasteiger partial charge >= 0.3 is 11.7 Å². The van der Waals surface area contributed by atoms with Crippen molar-refractivity contribution in [1.29, 1.82) is 0 Å². The average molecular weight is 489 g/mol. The lowest BCUT2D eigenvalue weighted by atomic mass is 9.89. The van der Waals surface area contributed by atoms with Crippen LogP contribution in [0.25, 0.3) is 0 Å². The van der Waals surface area contributed by atoms with E-state index in [0.717, 1.165) is 11.1 Å².